The lowest BCUT2D eigenvalue weighted by Gasteiger charge is -2.56. The summed E-state index contributed by atoms with van der Waals surface area (Å²) in [6, 6.07) is -1.05. The molecule has 0 aromatic rings. The van der Waals surface area contributed by atoms with E-state index in [4.69, 9.17) is 5.73 Å². The number of nitrogens with one attached hydrogen (secondary N) is 1. The van der Waals surface area contributed by atoms with Crippen molar-refractivity contribution in [3.63, 3.8) is 0 Å². The Labute approximate surface area is 182 Å². The first-order valence-electron chi connectivity index (χ1n) is 11.8. The summed E-state index contributed by atoms with van der Waals surface area (Å²) in [6.07, 6.45) is 13.7. The third kappa shape index (κ3) is 3.48. The van der Waals surface area contributed by atoms with E-state index in [0.29, 0.717) is 10.5 Å². The van der Waals surface area contributed by atoms with E-state index in [1.54, 1.807) is 23.9 Å². The summed E-state index contributed by atoms with van der Waals surface area (Å²) >= 11 is 3.50. The van der Waals surface area contributed by atoms with Crippen LogP contribution in [0.5, 0.6) is 0 Å². The maximum atomic E-state index is 13.0. The molecule has 5 nitrogen and oxygen atoms in total. The van der Waals surface area contributed by atoms with E-state index in [0.717, 1.165) is 47.3 Å². The van der Waals surface area contributed by atoms with Gasteiger partial charge in [0.05, 0.1) is 0 Å². The predicted molar refractivity (Wildman–Crippen MR) is 117 cm³/mol. The Hall–Kier alpha value is -0.560. The third-order valence-corrected chi connectivity index (χ3v) is 12.4. The predicted octanol–water partition coefficient (Wildman–Crippen LogP) is 5.02. The summed E-state index contributed by atoms with van der Waals surface area (Å²) in [5, 5.41) is 3.44. The average Bonchev–Trinajstić information content (AvgIpc) is 2.64. The number of primary amides is 1. The molecule has 0 aromatic heterocycles. The van der Waals surface area contributed by atoms with Gasteiger partial charge in [-0.3, -0.25) is 5.32 Å². The molecule has 8 fully saturated rings. The molecule has 0 aliphatic heterocycles. The van der Waals surface area contributed by atoms with Gasteiger partial charge < -0.3 is 5.73 Å². The Morgan fingerprint density at radius 3 is 1.31 bits per heavy atom. The minimum atomic E-state index is -0.739. The number of urea groups is 2. The molecule has 3 N–H and O–H groups in total. The normalized spacial score (nSPS) is 48.7. The maximum absolute atomic E-state index is 13.0. The molecule has 160 valence electrons. The van der Waals surface area contributed by atoms with Crippen LogP contribution in [0.3, 0.4) is 0 Å². The molecule has 7 heteroatoms. The summed E-state index contributed by atoms with van der Waals surface area (Å²) in [5.41, 5.74) is 5.31. The summed E-state index contributed by atoms with van der Waals surface area (Å²) in [7, 11) is 0. The summed E-state index contributed by atoms with van der Waals surface area (Å²) in [6.45, 7) is 0. The number of hydrogen-bond acceptors (Lipinski definition) is 4. The van der Waals surface area contributed by atoms with E-state index in [9.17, 15) is 9.59 Å². The standard InChI is InChI=1S/C22H33N3O2S2/c23-21(26)24-22(27)25(28-19-15-3-11-1-12(5-15)6-16(19)4-11)29-20-17-7-13-2-14(9-17)10-18(20)8-13/h11-20H,1-10H2,(H3,23,24,26,27). The van der Waals surface area contributed by atoms with Crippen LogP contribution in [0.2, 0.25) is 0 Å². The van der Waals surface area contributed by atoms with Gasteiger partial charge in [0.1, 0.15) is 0 Å². The number of nitrogens with two attached hydrogens (primary N) is 1. The number of imide groups is 1. The molecule has 0 aromatic carbocycles. The Balaban J connectivity index is 1.19. The zero-order valence-electron chi connectivity index (χ0n) is 17.0. The molecule has 4 amide bonds. The first kappa shape index (κ1) is 19.1. The lowest BCUT2D eigenvalue weighted by molar-refractivity contribution is 0.0253. The van der Waals surface area contributed by atoms with Gasteiger partial charge in [-0.25, -0.2) is 13.3 Å². The Morgan fingerprint density at radius 2 is 1.00 bits per heavy atom. The summed E-state index contributed by atoms with van der Waals surface area (Å²) in [5.74, 6) is 6.72. The lowest BCUT2D eigenvalue weighted by Crippen LogP contribution is -2.51. The molecule has 8 saturated carbocycles. The van der Waals surface area contributed by atoms with E-state index in [1.165, 1.54) is 64.2 Å². The largest absolute Gasteiger partial charge is 0.351 e. The molecule has 0 saturated heterocycles. The highest BCUT2D eigenvalue weighted by Crippen LogP contribution is 2.60. The minimum absolute atomic E-state index is 0.310. The second kappa shape index (κ2) is 7.25. The molecule has 0 unspecified atom stereocenters. The molecule has 8 bridgehead atoms. The topological polar surface area (TPSA) is 75.4 Å². The van der Waals surface area contributed by atoms with Crippen molar-refractivity contribution in [1.29, 1.82) is 0 Å². The Bertz CT molecular complexity index is 602. The highest BCUT2D eigenvalue weighted by Gasteiger charge is 2.52. The van der Waals surface area contributed by atoms with E-state index in [2.05, 4.69) is 5.32 Å². The van der Waals surface area contributed by atoms with Gasteiger partial charge >= 0.3 is 12.1 Å². The first-order valence-corrected chi connectivity index (χ1v) is 13.4. The molecular formula is C22H33N3O2S2. The van der Waals surface area contributed by atoms with E-state index < -0.39 is 6.03 Å². The highest BCUT2D eigenvalue weighted by molar-refractivity contribution is 8.13. The lowest BCUT2D eigenvalue weighted by atomic mass is 9.56. The fourth-order valence-corrected chi connectivity index (χ4v) is 11.7. The van der Waals surface area contributed by atoms with Crippen molar-refractivity contribution >= 4 is 36.0 Å². The molecular weight excluding hydrogens is 402 g/mol. The molecule has 0 atom stereocenters. The monoisotopic (exact) mass is 435 g/mol. The van der Waals surface area contributed by atoms with Crippen LogP contribution < -0.4 is 11.1 Å². The van der Waals surface area contributed by atoms with Gasteiger partial charge in [0, 0.05) is 10.5 Å². The minimum Gasteiger partial charge on any atom is -0.351 e. The zero-order valence-corrected chi connectivity index (χ0v) is 18.6. The Kier molecular flexibility index (Phi) is 4.79. The van der Waals surface area contributed by atoms with Crippen LogP contribution in [0, 0.1) is 47.3 Å². The van der Waals surface area contributed by atoms with E-state index in [1.807, 2.05) is 3.71 Å². The van der Waals surface area contributed by atoms with Crippen molar-refractivity contribution in [2.75, 3.05) is 0 Å². The maximum Gasteiger partial charge on any atom is 0.345 e. The van der Waals surface area contributed by atoms with Crippen molar-refractivity contribution in [1.82, 2.24) is 9.03 Å². The van der Waals surface area contributed by atoms with Crippen LogP contribution in [0.15, 0.2) is 0 Å². The second-order valence-electron chi connectivity index (χ2n) is 11.1. The third-order valence-electron chi connectivity index (χ3n) is 9.11. The molecule has 8 aliphatic carbocycles. The second-order valence-corrected chi connectivity index (χ2v) is 13.5. The van der Waals surface area contributed by atoms with Crippen LogP contribution in [0.1, 0.15) is 64.2 Å². The van der Waals surface area contributed by atoms with Crippen molar-refractivity contribution in [3.05, 3.63) is 0 Å². The Morgan fingerprint density at radius 1 is 0.655 bits per heavy atom. The molecule has 0 spiro atoms. The number of nitrogens with zero attached hydrogens (tertiary/aromatic N) is 1. The van der Waals surface area contributed by atoms with Gasteiger partial charge in [-0.05, 0) is 135 Å². The van der Waals surface area contributed by atoms with Crippen LogP contribution in [0.4, 0.5) is 9.59 Å². The fraction of sp³-hybridized carbons (Fsp3) is 0.909. The van der Waals surface area contributed by atoms with Crippen LogP contribution in [-0.4, -0.2) is 26.3 Å². The number of amides is 4. The van der Waals surface area contributed by atoms with Crippen molar-refractivity contribution in [2.45, 2.75) is 74.7 Å². The summed E-state index contributed by atoms with van der Waals surface area (Å²) < 4.78 is 1.87. The number of hydrogen-bond donors (Lipinski definition) is 2. The highest BCUT2D eigenvalue weighted by atomic mass is 32.2. The van der Waals surface area contributed by atoms with E-state index in [-0.39, 0.29) is 6.03 Å². The van der Waals surface area contributed by atoms with Crippen molar-refractivity contribution in [3.8, 4) is 0 Å². The van der Waals surface area contributed by atoms with Crippen LogP contribution in [-0.2, 0) is 0 Å². The van der Waals surface area contributed by atoms with Gasteiger partial charge in [0.2, 0.25) is 0 Å². The fourth-order valence-electron chi connectivity index (χ4n) is 8.59. The van der Waals surface area contributed by atoms with Crippen LogP contribution >= 0.6 is 23.9 Å². The molecule has 8 aliphatic rings. The van der Waals surface area contributed by atoms with Gasteiger partial charge in [0.15, 0.2) is 0 Å². The number of carbonyl (C=O) groups is 2. The van der Waals surface area contributed by atoms with Crippen molar-refractivity contribution in [2.24, 2.45) is 53.1 Å². The molecule has 8 rings (SSSR count). The van der Waals surface area contributed by atoms with Crippen LogP contribution in [0.25, 0.3) is 0 Å². The van der Waals surface area contributed by atoms with Gasteiger partial charge in [-0.1, -0.05) is 0 Å². The quantitative estimate of drug-likeness (QED) is 0.608. The van der Waals surface area contributed by atoms with Gasteiger partial charge in [-0.15, -0.1) is 0 Å². The number of rotatable bonds is 4. The summed E-state index contributed by atoms with van der Waals surface area (Å²) in [4.78, 5) is 24.4. The first-order chi connectivity index (χ1) is 14.0. The molecule has 0 radical (unpaired) electrons. The van der Waals surface area contributed by atoms with Gasteiger partial charge in [0.25, 0.3) is 0 Å². The smallest absolute Gasteiger partial charge is 0.345 e. The zero-order chi connectivity index (χ0) is 19.7. The van der Waals surface area contributed by atoms with E-state index >= 15 is 0 Å². The average molecular weight is 436 g/mol. The van der Waals surface area contributed by atoms with Gasteiger partial charge in [-0.2, -0.15) is 0 Å². The van der Waals surface area contributed by atoms with Crippen molar-refractivity contribution < 1.29 is 9.59 Å². The molecule has 29 heavy (non-hydrogen) atoms. The number of carbonyl (C=O) groups excluding carboxylic acids is 2. The SMILES string of the molecule is NC(=O)NC(=O)N(SC1C2CC3CC(C2)CC1C3)SC1C2CC3CC(C2)CC1C3. The molecule has 0 heterocycles.